The van der Waals surface area contributed by atoms with Gasteiger partial charge in [-0.3, -0.25) is 0 Å². The lowest BCUT2D eigenvalue weighted by Crippen LogP contribution is -2.49. The van der Waals surface area contributed by atoms with Gasteiger partial charge in [-0.15, -0.1) is 0 Å². The van der Waals surface area contributed by atoms with Crippen LogP contribution in [0.25, 0.3) is 5.57 Å². The largest absolute Gasteiger partial charge is 0.507 e. The molecule has 0 aromatic heterocycles. The lowest BCUT2D eigenvalue weighted by atomic mass is 9.81. The van der Waals surface area contributed by atoms with Crippen LogP contribution in [0, 0.1) is 0 Å². The fourth-order valence-corrected chi connectivity index (χ4v) is 2.16. The van der Waals surface area contributed by atoms with Gasteiger partial charge in [0.2, 0.25) is 0 Å². The van der Waals surface area contributed by atoms with E-state index >= 15 is 0 Å². The summed E-state index contributed by atoms with van der Waals surface area (Å²) in [5.74, 6) is 0.281. The van der Waals surface area contributed by atoms with Gasteiger partial charge in [0.15, 0.2) is 0 Å². The van der Waals surface area contributed by atoms with Crippen molar-refractivity contribution >= 4 is 18.5 Å². The molecule has 0 unspecified atom stereocenters. The highest BCUT2D eigenvalue weighted by Crippen LogP contribution is 2.28. The molecular formula is C18H25BO3. The molecule has 0 fully saturated rings. The molecule has 2 rings (SSSR count). The van der Waals surface area contributed by atoms with Gasteiger partial charge in [-0.05, 0) is 52.2 Å². The minimum absolute atomic E-state index is 0.281. The Morgan fingerprint density at radius 3 is 2.45 bits per heavy atom. The lowest BCUT2D eigenvalue weighted by molar-refractivity contribution is -0.0893. The average Bonchev–Trinajstić information content (AvgIpc) is 2.46. The number of hydrogen-bond donors (Lipinski definition) is 2. The number of benzene rings is 1. The van der Waals surface area contributed by atoms with E-state index in [4.69, 9.17) is 4.65 Å². The third-order valence-corrected chi connectivity index (χ3v) is 4.44. The standard InChI is InChI=1S/C18H25BO3/c1-17(2,21)18(3,4)22-19-14-10-11-16(20)15(12-14)13-8-6-5-7-9-13/h6,8-12,19-21H,5,7H2,1-4H3. The van der Waals surface area contributed by atoms with Crippen LogP contribution >= 0.6 is 0 Å². The zero-order valence-corrected chi connectivity index (χ0v) is 13.9. The Kier molecular flexibility index (Phi) is 4.83. The summed E-state index contributed by atoms with van der Waals surface area (Å²) in [5.41, 5.74) is 1.27. The predicted octanol–water partition coefficient (Wildman–Crippen LogP) is 2.67. The zero-order valence-electron chi connectivity index (χ0n) is 13.9. The van der Waals surface area contributed by atoms with Gasteiger partial charge >= 0.3 is 7.48 Å². The second kappa shape index (κ2) is 6.31. The number of allylic oxidation sites excluding steroid dienone is 4. The highest BCUT2D eigenvalue weighted by Gasteiger charge is 2.35. The normalized spacial score (nSPS) is 15.6. The summed E-state index contributed by atoms with van der Waals surface area (Å²) >= 11 is 0. The van der Waals surface area contributed by atoms with Crippen molar-refractivity contribution in [3.63, 3.8) is 0 Å². The fraction of sp³-hybridized carbons (Fsp3) is 0.444. The van der Waals surface area contributed by atoms with Crippen molar-refractivity contribution < 1.29 is 14.9 Å². The van der Waals surface area contributed by atoms with Crippen molar-refractivity contribution in [2.75, 3.05) is 0 Å². The van der Waals surface area contributed by atoms with Crippen molar-refractivity contribution in [3.05, 3.63) is 42.0 Å². The summed E-state index contributed by atoms with van der Waals surface area (Å²) in [6.45, 7) is 7.24. The summed E-state index contributed by atoms with van der Waals surface area (Å²) < 4.78 is 5.89. The highest BCUT2D eigenvalue weighted by atomic mass is 16.5. The highest BCUT2D eigenvalue weighted by molar-refractivity contribution is 6.47. The SMILES string of the molecule is CC(C)(O)C(C)(C)OBc1ccc(O)c(C2=CCCC=C2)c1. The molecule has 0 amide bonds. The summed E-state index contributed by atoms with van der Waals surface area (Å²) in [5, 5.41) is 20.2. The second-order valence-corrected chi connectivity index (χ2v) is 6.85. The molecule has 0 aliphatic heterocycles. The molecule has 0 radical (unpaired) electrons. The van der Waals surface area contributed by atoms with Crippen molar-refractivity contribution in [2.24, 2.45) is 0 Å². The number of rotatable bonds is 5. The lowest BCUT2D eigenvalue weighted by Gasteiger charge is -2.37. The summed E-state index contributed by atoms with van der Waals surface area (Å²) in [6, 6.07) is 5.51. The molecular weight excluding hydrogens is 275 g/mol. The van der Waals surface area contributed by atoms with Gasteiger partial charge in [-0.1, -0.05) is 35.8 Å². The first-order chi connectivity index (χ1) is 10.2. The Morgan fingerprint density at radius 1 is 1.14 bits per heavy atom. The van der Waals surface area contributed by atoms with E-state index in [1.165, 1.54) is 0 Å². The molecule has 0 saturated heterocycles. The molecule has 0 heterocycles. The molecule has 22 heavy (non-hydrogen) atoms. The van der Waals surface area contributed by atoms with E-state index in [0.29, 0.717) is 7.48 Å². The van der Waals surface area contributed by atoms with Gasteiger partial charge in [-0.25, -0.2) is 0 Å². The molecule has 4 heteroatoms. The third kappa shape index (κ3) is 3.82. The number of aliphatic hydroxyl groups is 1. The van der Waals surface area contributed by atoms with Crippen LogP contribution in [0.3, 0.4) is 0 Å². The molecule has 1 aliphatic rings. The molecule has 0 spiro atoms. The van der Waals surface area contributed by atoms with Crippen molar-refractivity contribution in [1.82, 2.24) is 0 Å². The zero-order chi connectivity index (χ0) is 16.4. The van der Waals surface area contributed by atoms with E-state index in [2.05, 4.69) is 12.2 Å². The van der Waals surface area contributed by atoms with Gasteiger partial charge in [-0.2, -0.15) is 0 Å². The maximum absolute atomic E-state index is 10.1. The fourth-order valence-electron chi connectivity index (χ4n) is 2.16. The van der Waals surface area contributed by atoms with Crippen LogP contribution in [0.5, 0.6) is 5.75 Å². The van der Waals surface area contributed by atoms with Crippen molar-refractivity contribution in [2.45, 2.75) is 51.7 Å². The second-order valence-electron chi connectivity index (χ2n) is 6.85. The topological polar surface area (TPSA) is 49.7 Å². The molecule has 0 saturated carbocycles. The first-order valence-electron chi connectivity index (χ1n) is 7.76. The first kappa shape index (κ1) is 16.8. The van der Waals surface area contributed by atoms with Crippen molar-refractivity contribution in [3.8, 4) is 5.75 Å². The van der Waals surface area contributed by atoms with E-state index in [9.17, 15) is 10.2 Å². The Hall–Kier alpha value is -1.52. The van der Waals surface area contributed by atoms with E-state index in [1.807, 2.05) is 32.1 Å². The summed E-state index contributed by atoms with van der Waals surface area (Å²) in [7, 11) is 0.390. The number of aromatic hydroxyl groups is 1. The van der Waals surface area contributed by atoms with Crippen LogP contribution < -0.4 is 5.46 Å². The van der Waals surface area contributed by atoms with Crippen LogP contribution in [-0.2, 0) is 4.65 Å². The maximum Gasteiger partial charge on any atom is 0.309 e. The average molecular weight is 300 g/mol. The molecule has 1 aromatic carbocycles. The first-order valence-corrected chi connectivity index (χ1v) is 7.76. The van der Waals surface area contributed by atoms with E-state index in [0.717, 1.165) is 29.4 Å². The number of phenolic OH excluding ortho intramolecular Hbond substituents is 1. The number of phenols is 1. The van der Waals surface area contributed by atoms with Crippen LogP contribution in [0.2, 0.25) is 0 Å². The molecule has 1 aromatic rings. The molecule has 3 nitrogen and oxygen atoms in total. The van der Waals surface area contributed by atoms with E-state index in [-0.39, 0.29) is 5.75 Å². The van der Waals surface area contributed by atoms with E-state index < -0.39 is 11.2 Å². The minimum atomic E-state index is -0.929. The molecule has 0 bridgehead atoms. The maximum atomic E-state index is 10.1. The molecule has 0 atom stereocenters. The van der Waals surface area contributed by atoms with Gasteiger partial charge in [0.25, 0.3) is 0 Å². The summed E-state index contributed by atoms with van der Waals surface area (Å²) in [6.07, 6.45) is 8.35. The Bertz CT molecular complexity index is 595. The molecule has 1 aliphatic carbocycles. The van der Waals surface area contributed by atoms with E-state index in [1.54, 1.807) is 19.9 Å². The monoisotopic (exact) mass is 300 g/mol. The van der Waals surface area contributed by atoms with Crippen molar-refractivity contribution in [1.29, 1.82) is 0 Å². The van der Waals surface area contributed by atoms with Gasteiger partial charge in [0.05, 0.1) is 11.2 Å². The van der Waals surface area contributed by atoms with Gasteiger partial charge in [0, 0.05) is 5.56 Å². The number of hydrogen-bond acceptors (Lipinski definition) is 3. The van der Waals surface area contributed by atoms with Crippen LogP contribution in [-0.4, -0.2) is 28.9 Å². The van der Waals surface area contributed by atoms with Crippen LogP contribution in [0.1, 0.15) is 46.1 Å². The third-order valence-electron chi connectivity index (χ3n) is 4.44. The summed E-state index contributed by atoms with van der Waals surface area (Å²) in [4.78, 5) is 0. The molecule has 2 N–H and O–H groups in total. The Balaban J connectivity index is 2.17. The quantitative estimate of drug-likeness (QED) is 0.822. The smallest absolute Gasteiger partial charge is 0.309 e. The Morgan fingerprint density at radius 2 is 1.86 bits per heavy atom. The van der Waals surface area contributed by atoms with Crippen LogP contribution in [0.4, 0.5) is 0 Å². The van der Waals surface area contributed by atoms with Gasteiger partial charge in [0.1, 0.15) is 5.75 Å². The predicted molar refractivity (Wildman–Crippen MR) is 92.7 cm³/mol. The van der Waals surface area contributed by atoms with Gasteiger partial charge < -0.3 is 14.9 Å². The molecule has 118 valence electrons. The van der Waals surface area contributed by atoms with Crippen LogP contribution in [0.15, 0.2) is 36.4 Å². The minimum Gasteiger partial charge on any atom is -0.507 e. The Labute approximate surface area is 133 Å².